The van der Waals surface area contributed by atoms with Gasteiger partial charge in [0.25, 0.3) is 0 Å². The number of morpholine rings is 1. The SMILES string of the molecule is COC(=O)c1ccc(-c2nc(N3CCOCC3)nc3c2C(=O)c2ccccc2-3)cc1. The number of nitrogens with zero attached hydrogens (tertiary/aromatic N) is 3. The Morgan fingerprint density at radius 2 is 1.63 bits per heavy atom. The number of benzene rings is 2. The summed E-state index contributed by atoms with van der Waals surface area (Å²) in [4.78, 5) is 36.6. The normalized spacial score (nSPS) is 15.0. The first-order valence-corrected chi connectivity index (χ1v) is 9.75. The van der Waals surface area contributed by atoms with Crippen LogP contribution in [-0.4, -0.2) is 55.1 Å². The van der Waals surface area contributed by atoms with Crippen LogP contribution in [-0.2, 0) is 9.47 Å². The Labute approximate surface area is 173 Å². The van der Waals surface area contributed by atoms with Gasteiger partial charge in [0.15, 0.2) is 5.78 Å². The van der Waals surface area contributed by atoms with Crippen molar-refractivity contribution in [1.29, 1.82) is 0 Å². The fraction of sp³-hybridized carbons (Fsp3) is 0.217. The summed E-state index contributed by atoms with van der Waals surface area (Å²) in [5, 5.41) is 0. The van der Waals surface area contributed by atoms with Crippen LogP contribution < -0.4 is 4.90 Å². The maximum Gasteiger partial charge on any atom is 0.337 e. The van der Waals surface area contributed by atoms with Gasteiger partial charge < -0.3 is 14.4 Å². The molecule has 1 aliphatic heterocycles. The number of hydrogen-bond acceptors (Lipinski definition) is 7. The van der Waals surface area contributed by atoms with Gasteiger partial charge in [-0.3, -0.25) is 4.79 Å². The molecule has 0 saturated carbocycles. The van der Waals surface area contributed by atoms with Gasteiger partial charge in [-0.1, -0.05) is 36.4 Å². The molecule has 150 valence electrons. The Bertz CT molecular complexity index is 1150. The Morgan fingerprint density at radius 1 is 0.967 bits per heavy atom. The average Bonchev–Trinajstić information content (AvgIpc) is 3.11. The van der Waals surface area contributed by atoms with E-state index < -0.39 is 5.97 Å². The van der Waals surface area contributed by atoms with Crippen molar-refractivity contribution in [1.82, 2.24) is 9.97 Å². The highest BCUT2D eigenvalue weighted by atomic mass is 16.5. The standard InChI is InChI=1S/C23H19N3O4/c1-29-22(28)15-8-6-14(7-9-15)19-18-20(16-4-2-3-5-17(16)21(18)27)25-23(24-19)26-10-12-30-13-11-26/h2-9H,10-13H2,1H3. The van der Waals surface area contributed by atoms with Crippen molar-refractivity contribution in [2.45, 2.75) is 0 Å². The van der Waals surface area contributed by atoms with Gasteiger partial charge in [-0.25, -0.2) is 14.8 Å². The Balaban J connectivity index is 1.68. The quantitative estimate of drug-likeness (QED) is 0.488. The number of aromatic nitrogens is 2. The van der Waals surface area contributed by atoms with Crippen LogP contribution in [0.5, 0.6) is 0 Å². The zero-order valence-corrected chi connectivity index (χ0v) is 16.4. The first-order valence-electron chi connectivity index (χ1n) is 9.75. The molecule has 0 atom stereocenters. The molecule has 1 aromatic heterocycles. The number of hydrogen-bond donors (Lipinski definition) is 0. The average molecular weight is 401 g/mol. The highest BCUT2D eigenvalue weighted by Crippen LogP contribution is 2.40. The lowest BCUT2D eigenvalue weighted by Crippen LogP contribution is -2.37. The summed E-state index contributed by atoms with van der Waals surface area (Å²) in [6.45, 7) is 2.60. The molecule has 1 aliphatic carbocycles. The van der Waals surface area contributed by atoms with Gasteiger partial charge in [-0.15, -0.1) is 0 Å². The van der Waals surface area contributed by atoms with Crippen molar-refractivity contribution in [3.8, 4) is 22.5 Å². The number of anilines is 1. The lowest BCUT2D eigenvalue weighted by molar-refractivity contribution is 0.0600. The third-order valence-electron chi connectivity index (χ3n) is 5.42. The molecule has 7 heteroatoms. The topological polar surface area (TPSA) is 81.6 Å². The van der Waals surface area contributed by atoms with Gasteiger partial charge in [-0.2, -0.15) is 0 Å². The molecule has 0 spiro atoms. The maximum absolute atomic E-state index is 13.2. The highest BCUT2D eigenvalue weighted by molar-refractivity contribution is 6.23. The van der Waals surface area contributed by atoms with Crippen LogP contribution in [0.1, 0.15) is 26.3 Å². The van der Waals surface area contributed by atoms with Gasteiger partial charge in [0.2, 0.25) is 5.95 Å². The molecule has 0 N–H and O–H groups in total. The summed E-state index contributed by atoms with van der Waals surface area (Å²) < 4.78 is 10.2. The smallest absolute Gasteiger partial charge is 0.337 e. The summed E-state index contributed by atoms with van der Waals surface area (Å²) in [6.07, 6.45) is 0. The van der Waals surface area contributed by atoms with Gasteiger partial charge >= 0.3 is 5.97 Å². The molecule has 1 saturated heterocycles. The molecule has 1 fully saturated rings. The predicted molar refractivity (Wildman–Crippen MR) is 111 cm³/mol. The minimum atomic E-state index is -0.410. The first kappa shape index (κ1) is 18.4. The van der Waals surface area contributed by atoms with Crippen LogP contribution in [0.15, 0.2) is 48.5 Å². The number of rotatable bonds is 3. The minimum Gasteiger partial charge on any atom is -0.465 e. The van der Waals surface area contributed by atoms with E-state index in [1.54, 1.807) is 24.3 Å². The number of ketones is 1. The molecule has 2 aliphatic rings. The summed E-state index contributed by atoms with van der Waals surface area (Å²) in [5.41, 5.74) is 4.36. The molecule has 2 heterocycles. The first-order chi connectivity index (χ1) is 14.7. The van der Waals surface area contributed by atoms with Crippen molar-refractivity contribution in [3.63, 3.8) is 0 Å². The number of esters is 1. The number of fused-ring (bicyclic) bond motifs is 3. The Kier molecular flexibility index (Phi) is 4.52. The molecule has 5 rings (SSSR count). The molecule has 0 unspecified atom stereocenters. The summed E-state index contributed by atoms with van der Waals surface area (Å²) in [5.74, 6) is 0.0849. The molecule has 0 amide bonds. The van der Waals surface area contributed by atoms with Crippen LogP contribution >= 0.6 is 0 Å². The van der Waals surface area contributed by atoms with Gasteiger partial charge in [-0.05, 0) is 12.1 Å². The molecule has 0 bridgehead atoms. The Morgan fingerprint density at radius 3 is 2.33 bits per heavy atom. The van der Waals surface area contributed by atoms with Crippen molar-refractivity contribution in [2.24, 2.45) is 0 Å². The van der Waals surface area contributed by atoms with E-state index in [1.807, 2.05) is 24.3 Å². The van der Waals surface area contributed by atoms with Crippen LogP contribution in [0, 0.1) is 0 Å². The van der Waals surface area contributed by atoms with E-state index in [2.05, 4.69) is 4.90 Å². The predicted octanol–water partition coefficient (Wildman–Crippen LogP) is 2.98. The Hall–Kier alpha value is -3.58. The van der Waals surface area contributed by atoms with E-state index in [-0.39, 0.29) is 5.78 Å². The second-order valence-electron chi connectivity index (χ2n) is 7.14. The number of carbonyl (C=O) groups excluding carboxylic acids is 2. The van der Waals surface area contributed by atoms with E-state index >= 15 is 0 Å². The lowest BCUT2D eigenvalue weighted by Gasteiger charge is -2.27. The minimum absolute atomic E-state index is 0.0822. The lowest BCUT2D eigenvalue weighted by atomic mass is 10.0. The second kappa shape index (κ2) is 7.35. The van der Waals surface area contributed by atoms with Crippen LogP contribution in [0.2, 0.25) is 0 Å². The second-order valence-corrected chi connectivity index (χ2v) is 7.14. The molecular formula is C23H19N3O4. The zero-order chi connectivity index (χ0) is 20.7. The summed E-state index contributed by atoms with van der Waals surface area (Å²) >= 11 is 0. The van der Waals surface area contributed by atoms with E-state index in [0.29, 0.717) is 60.3 Å². The number of carbonyl (C=O) groups is 2. The molecule has 0 radical (unpaired) electrons. The highest BCUT2D eigenvalue weighted by Gasteiger charge is 2.33. The van der Waals surface area contributed by atoms with Gasteiger partial charge in [0, 0.05) is 29.8 Å². The number of ether oxygens (including phenoxy) is 2. The summed E-state index contributed by atoms with van der Waals surface area (Å²) in [6, 6.07) is 14.4. The van der Waals surface area contributed by atoms with E-state index in [0.717, 1.165) is 11.1 Å². The summed E-state index contributed by atoms with van der Waals surface area (Å²) in [7, 11) is 1.35. The molecular weight excluding hydrogens is 382 g/mol. The molecule has 7 nitrogen and oxygen atoms in total. The fourth-order valence-electron chi connectivity index (χ4n) is 3.88. The molecule has 30 heavy (non-hydrogen) atoms. The van der Waals surface area contributed by atoms with E-state index in [1.165, 1.54) is 7.11 Å². The van der Waals surface area contributed by atoms with Gasteiger partial charge in [0.05, 0.1) is 42.8 Å². The molecule has 3 aromatic rings. The monoisotopic (exact) mass is 401 g/mol. The van der Waals surface area contributed by atoms with Crippen molar-refractivity contribution in [3.05, 3.63) is 65.2 Å². The van der Waals surface area contributed by atoms with E-state index in [9.17, 15) is 9.59 Å². The van der Waals surface area contributed by atoms with Crippen molar-refractivity contribution in [2.75, 3.05) is 38.3 Å². The van der Waals surface area contributed by atoms with Crippen LogP contribution in [0.3, 0.4) is 0 Å². The zero-order valence-electron chi connectivity index (χ0n) is 16.4. The third kappa shape index (κ3) is 2.95. The van der Waals surface area contributed by atoms with Crippen LogP contribution in [0.4, 0.5) is 5.95 Å². The largest absolute Gasteiger partial charge is 0.465 e. The van der Waals surface area contributed by atoms with Crippen molar-refractivity contribution < 1.29 is 19.1 Å². The maximum atomic E-state index is 13.2. The van der Waals surface area contributed by atoms with E-state index in [4.69, 9.17) is 19.4 Å². The fourth-order valence-corrected chi connectivity index (χ4v) is 3.88. The third-order valence-corrected chi connectivity index (χ3v) is 5.42. The van der Waals surface area contributed by atoms with Crippen LogP contribution in [0.25, 0.3) is 22.5 Å². The molecule has 2 aromatic carbocycles. The van der Waals surface area contributed by atoms with Gasteiger partial charge in [0.1, 0.15) is 0 Å². The number of methoxy groups -OCH3 is 1. The van der Waals surface area contributed by atoms with Crippen molar-refractivity contribution >= 4 is 17.7 Å².